The number of amides is 2. The number of unbranched alkanes of at least 4 members (excludes halogenated alkanes) is 1. The monoisotopic (exact) mass is 471 g/mol. The summed E-state index contributed by atoms with van der Waals surface area (Å²) in [5, 5.41) is 9.35. The second-order valence-electron chi connectivity index (χ2n) is 7.84. The van der Waals surface area contributed by atoms with Crippen molar-refractivity contribution in [3.8, 4) is 11.5 Å². The minimum absolute atomic E-state index is 0.0311. The highest BCUT2D eigenvalue weighted by molar-refractivity contribution is 7.12. The van der Waals surface area contributed by atoms with Gasteiger partial charge in [-0.2, -0.15) is 5.10 Å². The smallest absolute Gasteiger partial charge is 0.269 e. The molecule has 0 radical (unpaired) electrons. The minimum Gasteiger partial charge on any atom is -0.497 e. The molecule has 0 spiro atoms. The second-order valence-corrected chi connectivity index (χ2v) is 8.76. The van der Waals surface area contributed by atoms with Crippen LogP contribution in [-0.4, -0.2) is 49.6 Å². The van der Waals surface area contributed by atoms with Crippen molar-refractivity contribution in [2.45, 2.75) is 45.4 Å². The minimum atomic E-state index is -0.342. The van der Waals surface area contributed by atoms with Gasteiger partial charge in [0.2, 0.25) is 12.2 Å². The van der Waals surface area contributed by atoms with Crippen LogP contribution >= 0.6 is 11.3 Å². The summed E-state index contributed by atoms with van der Waals surface area (Å²) >= 11 is 1.44. The number of rotatable bonds is 10. The number of hydrazone groups is 1. The summed E-state index contributed by atoms with van der Waals surface area (Å²) in [4.78, 5) is 30.1. The number of nitrogens with zero attached hydrogens (tertiary/aromatic N) is 3. The Morgan fingerprint density at radius 3 is 2.88 bits per heavy atom. The van der Waals surface area contributed by atoms with E-state index < -0.39 is 0 Å². The van der Waals surface area contributed by atoms with Gasteiger partial charge in [-0.3, -0.25) is 24.8 Å². The Kier molecular flexibility index (Phi) is 7.02. The first kappa shape index (κ1) is 22.9. The standard InChI is InChI=1S/C23H29N5O4S/c1-4-5-11-27-22(30)21-17(10-12-33-21)28-19(25-26-23(27)28)8-9-20(29)24-14-15-13-16(31-2)6-7-18(15)32-3/h6-7,10,12-13,23,26H,4-5,8-9,11,14H2,1-3H3,(H,24,29). The van der Waals surface area contributed by atoms with Crippen molar-refractivity contribution in [1.82, 2.24) is 15.6 Å². The van der Waals surface area contributed by atoms with Crippen LogP contribution in [-0.2, 0) is 11.3 Å². The molecule has 1 unspecified atom stereocenters. The molecule has 0 saturated heterocycles. The molecule has 4 rings (SSSR count). The van der Waals surface area contributed by atoms with Gasteiger partial charge in [0.05, 0.1) is 19.9 Å². The molecule has 9 nitrogen and oxygen atoms in total. The lowest BCUT2D eigenvalue weighted by molar-refractivity contribution is -0.121. The van der Waals surface area contributed by atoms with Crippen molar-refractivity contribution >= 4 is 34.7 Å². The van der Waals surface area contributed by atoms with Crippen molar-refractivity contribution in [2.75, 3.05) is 25.7 Å². The van der Waals surface area contributed by atoms with Gasteiger partial charge >= 0.3 is 0 Å². The average molecular weight is 472 g/mol. The fourth-order valence-corrected chi connectivity index (χ4v) is 4.85. The molecule has 33 heavy (non-hydrogen) atoms. The lowest BCUT2D eigenvalue weighted by atomic mass is 10.1. The topological polar surface area (TPSA) is 95.5 Å². The largest absolute Gasteiger partial charge is 0.497 e. The molecule has 2 amide bonds. The number of anilines is 1. The third-order valence-corrected chi connectivity index (χ3v) is 6.67. The molecular weight excluding hydrogens is 442 g/mol. The molecule has 2 aliphatic heterocycles. The summed E-state index contributed by atoms with van der Waals surface area (Å²) in [5.74, 6) is 2.09. The highest BCUT2D eigenvalue weighted by Crippen LogP contribution is 2.37. The van der Waals surface area contributed by atoms with Gasteiger partial charge in [-0.05, 0) is 36.1 Å². The van der Waals surface area contributed by atoms with Crippen LogP contribution < -0.4 is 25.1 Å². The summed E-state index contributed by atoms with van der Waals surface area (Å²) in [6, 6.07) is 7.43. The van der Waals surface area contributed by atoms with Crippen LogP contribution in [0.1, 0.15) is 47.8 Å². The number of ether oxygens (including phenoxy) is 2. The molecule has 0 saturated carbocycles. The van der Waals surface area contributed by atoms with Crippen LogP contribution in [0.25, 0.3) is 0 Å². The van der Waals surface area contributed by atoms with Gasteiger partial charge in [0.15, 0.2) is 0 Å². The molecule has 3 heterocycles. The molecule has 2 aromatic rings. The first-order chi connectivity index (χ1) is 16.1. The molecule has 0 aliphatic carbocycles. The molecule has 10 heteroatoms. The number of amidine groups is 1. The molecule has 2 N–H and O–H groups in total. The van der Waals surface area contributed by atoms with E-state index in [2.05, 4.69) is 22.8 Å². The first-order valence-corrected chi connectivity index (χ1v) is 11.9. The quantitative estimate of drug-likeness (QED) is 0.553. The van der Waals surface area contributed by atoms with Gasteiger partial charge < -0.3 is 14.8 Å². The van der Waals surface area contributed by atoms with Crippen molar-refractivity contribution < 1.29 is 19.1 Å². The Labute approximate surface area is 197 Å². The van der Waals surface area contributed by atoms with Crippen molar-refractivity contribution in [2.24, 2.45) is 5.10 Å². The van der Waals surface area contributed by atoms with Crippen LogP contribution in [0.4, 0.5) is 5.69 Å². The summed E-state index contributed by atoms with van der Waals surface area (Å²) in [5.41, 5.74) is 4.80. The molecule has 176 valence electrons. The van der Waals surface area contributed by atoms with E-state index in [-0.39, 0.29) is 24.5 Å². The van der Waals surface area contributed by atoms with E-state index >= 15 is 0 Å². The third kappa shape index (κ3) is 4.61. The number of carbonyl (C=O) groups is 2. The van der Waals surface area contributed by atoms with Gasteiger partial charge in [0.25, 0.3) is 5.91 Å². The zero-order valence-electron chi connectivity index (χ0n) is 19.1. The zero-order valence-corrected chi connectivity index (χ0v) is 19.9. The van der Waals surface area contributed by atoms with E-state index in [1.165, 1.54) is 11.3 Å². The summed E-state index contributed by atoms with van der Waals surface area (Å²) in [7, 11) is 3.20. The Morgan fingerprint density at radius 2 is 2.12 bits per heavy atom. The highest BCUT2D eigenvalue weighted by atomic mass is 32.1. The predicted octanol–water partition coefficient (Wildman–Crippen LogP) is 3.12. The number of benzene rings is 1. The number of thiophene rings is 1. The average Bonchev–Trinajstić information content (AvgIpc) is 3.48. The number of carbonyl (C=O) groups excluding carboxylic acids is 2. The van der Waals surface area contributed by atoms with Gasteiger partial charge in [-0.15, -0.1) is 11.3 Å². The van der Waals surface area contributed by atoms with Gasteiger partial charge in [-0.1, -0.05) is 13.3 Å². The predicted molar refractivity (Wildman–Crippen MR) is 128 cm³/mol. The van der Waals surface area contributed by atoms with Crippen LogP contribution in [0.2, 0.25) is 0 Å². The summed E-state index contributed by atoms with van der Waals surface area (Å²) in [6.45, 7) is 3.10. The Morgan fingerprint density at radius 1 is 1.27 bits per heavy atom. The molecule has 2 aliphatic rings. The number of methoxy groups -OCH3 is 2. The maximum absolute atomic E-state index is 13.0. The van der Waals surface area contributed by atoms with Gasteiger partial charge in [0.1, 0.15) is 22.2 Å². The first-order valence-electron chi connectivity index (χ1n) is 11.0. The molecular formula is C23H29N5O4S. The molecule has 0 fully saturated rings. The SMILES string of the molecule is CCCCN1C(=O)c2sccc2N2C(CCC(=O)NCc3cc(OC)ccc3OC)=NNC12. The summed E-state index contributed by atoms with van der Waals surface area (Å²) < 4.78 is 10.6. The number of hydrogen-bond donors (Lipinski definition) is 2. The van der Waals surface area contributed by atoms with E-state index in [1.807, 2.05) is 39.4 Å². The lowest BCUT2D eigenvalue weighted by Gasteiger charge is -2.39. The maximum Gasteiger partial charge on any atom is 0.269 e. The second kappa shape index (κ2) is 10.1. The van der Waals surface area contributed by atoms with E-state index in [4.69, 9.17) is 9.47 Å². The Bertz CT molecular complexity index is 1050. The number of nitrogens with one attached hydrogen (secondary N) is 2. The van der Waals surface area contributed by atoms with Crippen LogP contribution in [0, 0.1) is 0 Å². The number of fused-ring (bicyclic) bond motifs is 3. The van der Waals surface area contributed by atoms with Crippen LogP contribution in [0.5, 0.6) is 11.5 Å². The highest BCUT2D eigenvalue weighted by Gasteiger charge is 2.43. The number of hydrogen-bond acceptors (Lipinski definition) is 8. The molecule has 1 atom stereocenters. The zero-order chi connectivity index (χ0) is 23.4. The molecule has 0 bridgehead atoms. The van der Waals surface area contributed by atoms with Crippen LogP contribution in [0.15, 0.2) is 34.7 Å². The van der Waals surface area contributed by atoms with E-state index in [0.717, 1.165) is 29.9 Å². The maximum atomic E-state index is 13.0. The van der Waals surface area contributed by atoms with E-state index in [1.54, 1.807) is 14.2 Å². The van der Waals surface area contributed by atoms with E-state index in [9.17, 15) is 9.59 Å². The Hall–Kier alpha value is -3.27. The molecule has 1 aromatic carbocycles. The molecule has 1 aromatic heterocycles. The van der Waals surface area contributed by atoms with Crippen molar-refractivity contribution in [1.29, 1.82) is 0 Å². The summed E-state index contributed by atoms with van der Waals surface area (Å²) in [6.07, 6.45) is 2.31. The third-order valence-electron chi connectivity index (χ3n) is 5.78. The van der Waals surface area contributed by atoms with Crippen molar-refractivity contribution in [3.05, 3.63) is 40.1 Å². The van der Waals surface area contributed by atoms with E-state index in [0.29, 0.717) is 35.9 Å². The van der Waals surface area contributed by atoms with Gasteiger partial charge in [0, 0.05) is 31.5 Å². The lowest BCUT2D eigenvalue weighted by Crippen LogP contribution is -2.58. The van der Waals surface area contributed by atoms with Gasteiger partial charge in [-0.25, -0.2) is 0 Å². The Balaban J connectivity index is 1.39. The fraction of sp³-hybridized carbons (Fsp3) is 0.435. The van der Waals surface area contributed by atoms with Crippen molar-refractivity contribution in [3.63, 3.8) is 0 Å². The normalized spacial score (nSPS) is 16.6. The fourth-order valence-electron chi connectivity index (χ4n) is 4.01. The van der Waals surface area contributed by atoms with Crippen LogP contribution in [0.3, 0.4) is 0 Å².